The van der Waals surface area contributed by atoms with Crippen LogP contribution in [0.25, 0.3) is 35.4 Å². The smallest absolute Gasteiger partial charge is 0.282 e. The molecule has 0 heterocycles. The average Bonchev–Trinajstić information content (AvgIpc) is 2.86. The number of rotatable bonds is 7. The second-order valence-corrected chi connectivity index (χ2v) is 10.7. The molecule has 182 valence electrons. The summed E-state index contributed by atoms with van der Waals surface area (Å²) in [6, 6.07) is 27.8. The first-order chi connectivity index (χ1) is 17.1. The standard InChI is InChI=1S/C28H22O6S2/c29-35(30,31)27-7-3-1-5-25(27)19-13-21-9-15-23(16-10-21)24-17-11-22(12-18-24)14-20-26-6-2-4-8-28(26)36(32,33)34/h1-20H,(H,29,30,31)(H,32,33,34)/b19-13+,20-14+. The van der Waals surface area contributed by atoms with Crippen molar-refractivity contribution < 1.29 is 25.9 Å². The fourth-order valence-corrected chi connectivity index (χ4v) is 5.02. The molecule has 8 heteroatoms. The highest BCUT2D eigenvalue weighted by Gasteiger charge is 2.13. The van der Waals surface area contributed by atoms with Gasteiger partial charge in [-0.25, -0.2) is 0 Å². The number of hydrogen-bond donors (Lipinski definition) is 2. The minimum absolute atomic E-state index is 0.145. The molecule has 0 bridgehead atoms. The molecule has 0 saturated carbocycles. The van der Waals surface area contributed by atoms with Crippen LogP contribution in [0.3, 0.4) is 0 Å². The van der Waals surface area contributed by atoms with Crippen molar-refractivity contribution in [1.29, 1.82) is 0 Å². The fourth-order valence-electron chi connectivity index (χ4n) is 3.65. The molecule has 0 radical (unpaired) electrons. The van der Waals surface area contributed by atoms with Gasteiger partial charge in [-0.05, 0) is 45.5 Å². The molecule has 4 aromatic rings. The quantitative estimate of drug-likeness (QED) is 0.223. The minimum Gasteiger partial charge on any atom is -0.282 e. The summed E-state index contributed by atoms with van der Waals surface area (Å²) in [5.41, 5.74) is 4.48. The van der Waals surface area contributed by atoms with Gasteiger partial charge in [-0.2, -0.15) is 16.8 Å². The SMILES string of the molecule is O=S(=O)(O)c1ccccc1/C=C/c1ccc(-c2ccc(/C=C/c3ccccc3S(=O)(=O)O)cc2)cc1. The maximum absolute atomic E-state index is 11.5. The summed E-state index contributed by atoms with van der Waals surface area (Å²) in [5, 5.41) is 0. The summed E-state index contributed by atoms with van der Waals surface area (Å²) in [6.45, 7) is 0. The molecule has 4 aromatic carbocycles. The van der Waals surface area contributed by atoms with E-state index in [-0.39, 0.29) is 9.79 Å². The van der Waals surface area contributed by atoms with Crippen LogP contribution < -0.4 is 0 Å². The Morgan fingerprint density at radius 3 is 1.11 bits per heavy atom. The zero-order chi connectivity index (χ0) is 25.8. The van der Waals surface area contributed by atoms with Crippen molar-refractivity contribution in [2.75, 3.05) is 0 Å². The third-order valence-corrected chi connectivity index (χ3v) is 7.31. The van der Waals surface area contributed by atoms with E-state index in [9.17, 15) is 25.9 Å². The second-order valence-electron chi connectivity index (χ2n) is 7.94. The lowest BCUT2D eigenvalue weighted by molar-refractivity contribution is 0.480. The molecule has 0 aromatic heterocycles. The third-order valence-electron chi connectivity index (χ3n) is 5.46. The Morgan fingerprint density at radius 1 is 0.444 bits per heavy atom. The molecule has 2 N–H and O–H groups in total. The molecule has 0 aliphatic rings. The highest BCUT2D eigenvalue weighted by Crippen LogP contribution is 2.24. The van der Waals surface area contributed by atoms with Gasteiger partial charge < -0.3 is 0 Å². The molecule has 4 rings (SSSR count). The van der Waals surface area contributed by atoms with Gasteiger partial charge in [-0.15, -0.1) is 0 Å². The monoisotopic (exact) mass is 518 g/mol. The Morgan fingerprint density at radius 2 is 0.778 bits per heavy atom. The maximum Gasteiger partial charge on any atom is 0.295 e. The van der Waals surface area contributed by atoms with Crippen LogP contribution in [0.2, 0.25) is 0 Å². The lowest BCUT2D eigenvalue weighted by atomic mass is 10.0. The highest BCUT2D eigenvalue weighted by molar-refractivity contribution is 7.86. The van der Waals surface area contributed by atoms with Crippen molar-refractivity contribution in [2.45, 2.75) is 9.79 Å². The van der Waals surface area contributed by atoms with Gasteiger partial charge in [0, 0.05) is 0 Å². The van der Waals surface area contributed by atoms with E-state index >= 15 is 0 Å². The molecule has 0 fully saturated rings. The van der Waals surface area contributed by atoms with Crippen molar-refractivity contribution in [1.82, 2.24) is 0 Å². The van der Waals surface area contributed by atoms with Gasteiger partial charge in [0.25, 0.3) is 20.2 Å². The average molecular weight is 519 g/mol. The van der Waals surface area contributed by atoms with Gasteiger partial charge in [-0.1, -0.05) is 109 Å². The van der Waals surface area contributed by atoms with Crippen molar-refractivity contribution in [3.63, 3.8) is 0 Å². The Kier molecular flexibility index (Phi) is 7.32. The summed E-state index contributed by atoms with van der Waals surface area (Å²) >= 11 is 0. The summed E-state index contributed by atoms with van der Waals surface area (Å²) in [7, 11) is -8.61. The zero-order valence-electron chi connectivity index (χ0n) is 18.9. The van der Waals surface area contributed by atoms with Gasteiger partial charge in [-0.3, -0.25) is 9.11 Å². The van der Waals surface area contributed by atoms with Gasteiger partial charge in [0.15, 0.2) is 0 Å². The van der Waals surface area contributed by atoms with Gasteiger partial charge in [0.2, 0.25) is 0 Å². The normalized spacial score (nSPS) is 12.4. The highest BCUT2D eigenvalue weighted by atomic mass is 32.2. The van der Waals surface area contributed by atoms with Gasteiger partial charge in [0.05, 0.1) is 0 Å². The fraction of sp³-hybridized carbons (Fsp3) is 0. The van der Waals surface area contributed by atoms with E-state index in [4.69, 9.17) is 0 Å². The Labute approximate surface area is 210 Å². The van der Waals surface area contributed by atoms with E-state index < -0.39 is 20.2 Å². The molecule has 0 atom stereocenters. The van der Waals surface area contributed by atoms with E-state index in [0.29, 0.717) is 11.1 Å². The van der Waals surface area contributed by atoms with E-state index in [0.717, 1.165) is 22.3 Å². The molecule has 0 saturated heterocycles. The molecule has 6 nitrogen and oxygen atoms in total. The van der Waals surface area contributed by atoms with Crippen molar-refractivity contribution >= 4 is 44.5 Å². The molecular formula is C28H22O6S2. The molecule has 36 heavy (non-hydrogen) atoms. The molecular weight excluding hydrogens is 496 g/mol. The lowest BCUT2D eigenvalue weighted by Crippen LogP contribution is -2.00. The predicted molar refractivity (Wildman–Crippen MR) is 142 cm³/mol. The van der Waals surface area contributed by atoms with Crippen molar-refractivity contribution in [2.24, 2.45) is 0 Å². The zero-order valence-corrected chi connectivity index (χ0v) is 20.5. The van der Waals surface area contributed by atoms with Crippen molar-refractivity contribution in [3.05, 3.63) is 119 Å². The summed E-state index contributed by atoms with van der Waals surface area (Å²) in [5.74, 6) is 0. The first kappa shape index (κ1) is 25.3. The van der Waals surface area contributed by atoms with Crippen LogP contribution >= 0.6 is 0 Å². The maximum atomic E-state index is 11.5. The molecule has 0 aliphatic heterocycles. The number of hydrogen-bond acceptors (Lipinski definition) is 4. The molecule has 0 spiro atoms. The van der Waals surface area contributed by atoms with Crippen LogP contribution in [0.5, 0.6) is 0 Å². The molecule has 0 amide bonds. The lowest BCUT2D eigenvalue weighted by Gasteiger charge is -2.05. The predicted octanol–water partition coefficient (Wildman–Crippen LogP) is 6.19. The van der Waals surface area contributed by atoms with Gasteiger partial charge >= 0.3 is 0 Å². The van der Waals surface area contributed by atoms with Crippen LogP contribution in [0.4, 0.5) is 0 Å². The van der Waals surface area contributed by atoms with E-state index in [2.05, 4.69) is 0 Å². The van der Waals surface area contributed by atoms with E-state index in [1.165, 1.54) is 12.1 Å². The summed E-state index contributed by atoms with van der Waals surface area (Å²) < 4.78 is 64.9. The molecule has 0 unspecified atom stereocenters. The third kappa shape index (κ3) is 6.24. The second kappa shape index (κ2) is 10.4. The Bertz CT molecular complexity index is 1520. The Hall–Kier alpha value is -3.82. The van der Waals surface area contributed by atoms with Crippen LogP contribution in [0.1, 0.15) is 22.3 Å². The first-order valence-corrected chi connectivity index (χ1v) is 13.7. The summed E-state index contributed by atoms with van der Waals surface area (Å²) in [6.07, 6.45) is 6.82. The first-order valence-electron chi connectivity index (χ1n) is 10.8. The molecule has 0 aliphatic carbocycles. The van der Waals surface area contributed by atoms with Crippen LogP contribution in [0.15, 0.2) is 107 Å². The minimum atomic E-state index is -4.31. The topological polar surface area (TPSA) is 109 Å². The van der Waals surface area contributed by atoms with Gasteiger partial charge in [0.1, 0.15) is 9.79 Å². The largest absolute Gasteiger partial charge is 0.295 e. The van der Waals surface area contributed by atoms with E-state index in [1.54, 1.807) is 60.7 Å². The van der Waals surface area contributed by atoms with Crippen molar-refractivity contribution in [3.8, 4) is 11.1 Å². The summed E-state index contributed by atoms with van der Waals surface area (Å²) in [4.78, 5) is -0.290. The van der Waals surface area contributed by atoms with E-state index in [1.807, 2.05) is 48.5 Å². The van der Waals surface area contributed by atoms with Crippen LogP contribution in [-0.2, 0) is 20.2 Å². The number of benzene rings is 4. The Balaban J connectivity index is 1.49. The van der Waals surface area contributed by atoms with Crippen LogP contribution in [0, 0.1) is 0 Å². The van der Waals surface area contributed by atoms with Crippen LogP contribution in [-0.4, -0.2) is 25.9 Å².